The van der Waals surface area contributed by atoms with Crippen molar-refractivity contribution in [3.8, 4) is 0 Å². The summed E-state index contributed by atoms with van der Waals surface area (Å²) in [5, 5.41) is 8.81. The van der Waals surface area contributed by atoms with Gasteiger partial charge >= 0.3 is 5.88 Å². The molecular weight excluding hydrogens is 143 g/mol. The first kappa shape index (κ1) is 10.5. The molecule has 0 aromatic heterocycles. The van der Waals surface area contributed by atoms with E-state index in [-0.39, 0.29) is 0 Å². The number of nitro groups is 1. The Labute approximate surface area is 49.4 Å². The summed E-state index contributed by atoms with van der Waals surface area (Å²) in [5.41, 5.74) is 0. The second-order valence-electron chi connectivity index (χ2n) is 0.687. The third-order valence-corrected chi connectivity index (χ3v) is 0. The molecule has 0 rings (SSSR count). The zero-order chi connectivity index (χ0) is 7.15. The van der Waals surface area contributed by atoms with Crippen LogP contribution >= 0.6 is 11.6 Å². The highest BCUT2D eigenvalue weighted by molar-refractivity contribution is 6.18. The standard InChI is InChI=1S/CHClF2.CH3NO2/c2-1(3)4;1-2(3)4/h1H;1H3. The van der Waals surface area contributed by atoms with Gasteiger partial charge in [0, 0.05) is 4.92 Å². The largest absolute Gasteiger partial charge is 0.312 e. The summed E-state index contributed by atoms with van der Waals surface area (Å²) in [6.07, 6.45) is 0. The van der Waals surface area contributed by atoms with E-state index in [4.69, 9.17) is 10.1 Å². The Morgan fingerprint density at radius 3 is 1.75 bits per heavy atom. The van der Waals surface area contributed by atoms with Crippen LogP contribution in [0, 0.1) is 10.1 Å². The lowest BCUT2D eigenvalue weighted by Gasteiger charge is -1.66. The van der Waals surface area contributed by atoms with Gasteiger partial charge in [0.2, 0.25) is 0 Å². The number of nitrogens with zero attached hydrogens (tertiary/aromatic N) is 1. The monoisotopic (exact) mass is 147 g/mol. The van der Waals surface area contributed by atoms with Crippen LogP contribution in [0.15, 0.2) is 0 Å². The van der Waals surface area contributed by atoms with Crippen LogP contribution in [0.1, 0.15) is 0 Å². The Bertz CT molecular complexity index is 62.3. The summed E-state index contributed by atoms with van der Waals surface area (Å²) in [5.74, 6) is -2.69. The van der Waals surface area contributed by atoms with Crippen molar-refractivity contribution in [1.29, 1.82) is 0 Å². The Morgan fingerprint density at radius 1 is 1.75 bits per heavy atom. The molecule has 0 aromatic carbocycles. The molecule has 0 aliphatic heterocycles. The fourth-order valence-electron chi connectivity index (χ4n) is 0. The van der Waals surface area contributed by atoms with Crippen molar-refractivity contribution in [3.63, 3.8) is 0 Å². The van der Waals surface area contributed by atoms with Gasteiger partial charge in [-0.2, -0.15) is 8.78 Å². The van der Waals surface area contributed by atoms with Crippen LogP contribution in [0.4, 0.5) is 8.78 Å². The van der Waals surface area contributed by atoms with Crippen molar-refractivity contribution in [2.75, 3.05) is 7.05 Å². The molecule has 0 radical (unpaired) electrons. The van der Waals surface area contributed by atoms with E-state index in [9.17, 15) is 8.78 Å². The van der Waals surface area contributed by atoms with E-state index in [0.29, 0.717) is 0 Å². The van der Waals surface area contributed by atoms with Gasteiger partial charge in [0.05, 0.1) is 0 Å². The first-order valence-corrected chi connectivity index (χ1v) is 1.90. The Hall–Kier alpha value is -0.450. The molecule has 8 heavy (non-hydrogen) atoms. The molecule has 0 aromatic rings. The van der Waals surface area contributed by atoms with E-state index in [1.54, 1.807) is 0 Å². The summed E-state index contributed by atoms with van der Waals surface area (Å²) >= 11 is 3.94. The smallest absolute Gasteiger partial charge is 0.265 e. The maximum atomic E-state index is 10.1. The van der Waals surface area contributed by atoms with Gasteiger partial charge in [-0.25, -0.2) is 0 Å². The van der Waals surface area contributed by atoms with Gasteiger partial charge in [-0.15, -0.1) is 0 Å². The van der Waals surface area contributed by atoms with Crippen molar-refractivity contribution in [1.82, 2.24) is 0 Å². The van der Waals surface area contributed by atoms with Crippen LogP contribution in [-0.4, -0.2) is 17.9 Å². The average molecular weight is 148 g/mol. The van der Waals surface area contributed by atoms with Crippen molar-refractivity contribution in [2.24, 2.45) is 0 Å². The molecule has 0 unspecified atom stereocenters. The van der Waals surface area contributed by atoms with E-state index in [2.05, 4.69) is 11.6 Å². The molecule has 0 amide bonds. The fraction of sp³-hybridized carbons (Fsp3) is 1.00. The predicted octanol–water partition coefficient (Wildman–Crippen LogP) is 1.34. The molecule has 0 fully saturated rings. The molecule has 0 aliphatic rings. The number of hydrogen-bond acceptors (Lipinski definition) is 2. The van der Waals surface area contributed by atoms with Gasteiger partial charge in [0.1, 0.15) is 0 Å². The summed E-state index contributed by atoms with van der Waals surface area (Å²) in [4.78, 5) is 8.31. The van der Waals surface area contributed by atoms with Gasteiger partial charge in [0.15, 0.2) is 7.05 Å². The lowest BCUT2D eigenvalue weighted by molar-refractivity contribution is -0.445. The Morgan fingerprint density at radius 2 is 1.75 bits per heavy atom. The maximum Gasteiger partial charge on any atom is 0.312 e. The summed E-state index contributed by atoms with van der Waals surface area (Å²) in [7, 11) is 0.889. The van der Waals surface area contributed by atoms with E-state index >= 15 is 0 Å². The summed E-state index contributed by atoms with van der Waals surface area (Å²) in [6, 6.07) is 0. The van der Waals surface area contributed by atoms with Crippen LogP contribution in [0.25, 0.3) is 0 Å². The molecule has 0 N–H and O–H groups in total. The molecule has 0 bridgehead atoms. The minimum atomic E-state index is -2.69. The fourth-order valence-corrected chi connectivity index (χ4v) is 0. The molecule has 6 heteroatoms. The molecule has 0 aliphatic carbocycles. The van der Waals surface area contributed by atoms with E-state index in [1.807, 2.05) is 0 Å². The van der Waals surface area contributed by atoms with Crippen molar-refractivity contribution in [3.05, 3.63) is 10.1 Å². The molecule has 50 valence electrons. The lowest BCUT2D eigenvalue weighted by Crippen LogP contribution is -1.79. The topological polar surface area (TPSA) is 43.1 Å². The normalized spacial score (nSPS) is 7.62. The zero-order valence-electron chi connectivity index (χ0n) is 3.97. The average Bonchev–Trinajstić information content (AvgIpc) is 1.25. The van der Waals surface area contributed by atoms with Gasteiger partial charge in [-0.1, -0.05) is 11.6 Å². The van der Waals surface area contributed by atoms with Crippen LogP contribution < -0.4 is 0 Å². The maximum absolute atomic E-state index is 10.1. The number of rotatable bonds is 0. The van der Waals surface area contributed by atoms with Crippen molar-refractivity contribution >= 4 is 11.6 Å². The third kappa shape index (κ3) is 567. The molecule has 3 nitrogen and oxygen atoms in total. The van der Waals surface area contributed by atoms with Crippen molar-refractivity contribution < 1.29 is 13.7 Å². The third-order valence-electron chi connectivity index (χ3n) is 0. The van der Waals surface area contributed by atoms with Gasteiger partial charge in [-0.05, 0) is 0 Å². The molecular formula is C2H4ClF2NO2. The SMILES string of the molecule is C[N+](=O)[O-].FC(F)Cl. The first-order chi connectivity index (χ1) is 3.46. The number of halogens is 3. The molecule has 0 saturated carbocycles. The van der Waals surface area contributed by atoms with Gasteiger partial charge < -0.3 is 0 Å². The number of hydrogen-bond donors (Lipinski definition) is 0. The van der Waals surface area contributed by atoms with E-state index in [1.165, 1.54) is 0 Å². The van der Waals surface area contributed by atoms with Crippen LogP contribution in [0.5, 0.6) is 0 Å². The van der Waals surface area contributed by atoms with Gasteiger partial charge in [-0.3, -0.25) is 10.1 Å². The van der Waals surface area contributed by atoms with Crippen LogP contribution in [0.2, 0.25) is 0 Å². The predicted molar refractivity (Wildman–Crippen MR) is 24.8 cm³/mol. The summed E-state index contributed by atoms with van der Waals surface area (Å²) < 4.78 is 20.2. The van der Waals surface area contributed by atoms with E-state index < -0.39 is 10.8 Å². The molecule has 0 saturated heterocycles. The second kappa shape index (κ2) is 6.55. The molecule has 0 spiro atoms. The molecule has 0 heterocycles. The minimum absolute atomic E-state index is 0.500. The van der Waals surface area contributed by atoms with Crippen molar-refractivity contribution in [2.45, 2.75) is 5.88 Å². The molecule has 0 atom stereocenters. The highest BCUT2D eigenvalue weighted by atomic mass is 35.5. The summed E-state index contributed by atoms with van der Waals surface area (Å²) in [6.45, 7) is 0. The second-order valence-corrected chi connectivity index (χ2v) is 1.02. The Balaban J connectivity index is 0. The highest BCUT2D eigenvalue weighted by Crippen LogP contribution is 1.93. The zero-order valence-corrected chi connectivity index (χ0v) is 4.73. The van der Waals surface area contributed by atoms with Gasteiger partial charge in [0.25, 0.3) is 0 Å². The first-order valence-electron chi connectivity index (χ1n) is 1.47. The highest BCUT2D eigenvalue weighted by Gasteiger charge is 1.83. The lowest BCUT2D eigenvalue weighted by atomic mass is 11.5. The quantitative estimate of drug-likeness (QED) is 0.295. The van der Waals surface area contributed by atoms with Crippen LogP contribution in [-0.2, 0) is 0 Å². The van der Waals surface area contributed by atoms with Crippen LogP contribution in [0.3, 0.4) is 0 Å². The number of alkyl halides is 3. The Kier molecular flexibility index (Phi) is 8.61. The van der Waals surface area contributed by atoms with E-state index in [0.717, 1.165) is 7.05 Å². The minimum Gasteiger partial charge on any atom is -0.265 e.